The fourth-order valence-corrected chi connectivity index (χ4v) is 4.34. The zero-order valence-corrected chi connectivity index (χ0v) is 20.1. The van der Waals surface area contributed by atoms with Crippen LogP contribution in [0.3, 0.4) is 0 Å². The molecule has 3 aromatic carbocycles. The number of methoxy groups -OCH3 is 1. The maximum Gasteiger partial charge on any atom is 0.254 e. The molecule has 3 heterocycles. The summed E-state index contributed by atoms with van der Waals surface area (Å²) in [5.41, 5.74) is 5.80. The van der Waals surface area contributed by atoms with Crippen molar-refractivity contribution >= 4 is 21.8 Å². The van der Waals surface area contributed by atoms with Crippen molar-refractivity contribution in [3.8, 4) is 34.5 Å². The van der Waals surface area contributed by atoms with Crippen LogP contribution in [0.4, 0.5) is 0 Å². The molecule has 7 nitrogen and oxygen atoms in total. The summed E-state index contributed by atoms with van der Waals surface area (Å²) in [5.74, 6) is 2.41. The predicted molar refractivity (Wildman–Crippen MR) is 140 cm³/mol. The second kappa shape index (κ2) is 8.78. The minimum atomic E-state index is 0.474. The van der Waals surface area contributed by atoms with Gasteiger partial charge in [0.15, 0.2) is 0 Å². The third-order valence-corrected chi connectivity index (χ3v) is 6.29. The molecule has 0 aliphatic carbocycles. The Balaban J connectivity index is 1.47. The summed E-state index contributed by atoms with van der Waals surface area (Å²) < 4.78 is 13.4. The Morgan fingerprint density at radius 2 is 1.53 bits per heavy atom. The van der Waals surface area contributed by atoms with Crippen molar-refractivity contribution < 1.29 is 9.47 Å². The van der Waals surface area contributed by atoms with Crippen molar-refractivity contribution in [2.24, 2.45) is 0 Å². The number of ether oxygens (including phenoxy) is 2. The Kier molecular flexibility index (Phi) is 5.30. The maximum atomic E-state index is 6.01. The fraction of sp³-hybridized carbons (Fsp3) is 0.103. The second-order valence-electron chi connectivity index (χ2n) is 8.53. The molecule has 176 valence electrons. The third-order valence-electron chi connectivity index (χ3n) is 6.29. The van der Waals surface area contributed by atoms with Crippen LogP contribution in [0.2, 0.25) is 0 Å². The van der Waals surface area contributed by atoms with Gasteiger partial charge in [0.05, 0.1) is 29.5 Å². The SMILES string of the molecule is COc1ccnc(Oc2cccc(-c3ccc4c5ccccc5n(-c5nnc(C)c(C)n5)c4c3)c2)c1. The van der Waals surface area contributed by atoms with Gasteiger partial charge in [0.2, 0.25) is 5.88 Å². The molecule has 0 bridgehead atoms. The van der Waals surface area contributed by atoms with Crippen molar-refractivity contribution in [2.75, 3.05) is 7.11 Å². The van der Waals surface area contributed by atoms with E-state index in [0.717, 1.165) is 44.3 Å². The molecule has 0 aliphatic heterocycles. The van der Waals surface area contributed by atoms with E-state index in [1.165, 1.54) is 0 Å². The molecule has 7 heteroatoms. The van der Waals surface area contributed by atoms with Crippen LogP contribution in [0.5, 0.6) is 17.4 Å². The van der Waals surface area contributed by atoms with Gasteiger partial charge in [-0.05, 0) is 55.3 Å². The van der Waals surface area contributed by atoms with Crippen LogP contribution < -0.4 is 9.47 Å². The number of para-hydroxylation sites is 1. The van der Waals surface area contributed by atoms with E-state index in [0.29, 0.717) is 23.3 Å². The fourth-order valence-electron chi connectivity index (χ4n) is 4.34. The third kappa shape index (κ3) is 3.80. The smallest absolute Gasteiger partial charge is 0.254 e. The van der Waals surface area contributed by atoms with Gasteiger partial charge in [-0.1, -0.05) is 42.5 Å². The molecule has 0 amide bonds. The summed E-state index contributed by atoms with van der Waals surface area (Å²) in [6.45, 7) is 3.87. The number of hydrogen-bond acceptors (Lipinski definition) is 6. The topological polar surface area (TPSA) is 75.0 Å². The molecular weight excluding hydrogens is 450 g/mol. The quantitative estimate of drug-likeness (QED) is 0.286. The Labute approximate surface area is 208 Å². The minimum Gasteiger partial charge on any atom is -0.497 e. The number of aryl methyl sites for hydroxylation is 2. The summed E-state index contributed by atoms with van der Waals surface area (Å²) in [7, 11) is 1.62. The lowest BCUT2D eigenvalue weighted by Gasteiger charge is -2.10. The highest BCUT2D eigenvalue weighted by Crippen LogP contribution is 2.35. The normalized spacial score (nSPS) is 11.2. The standard InChI is InChI=1S/C29H23N5O2/c1-18-19(2)32-33-29(31-18)34-26-10-5-4-9-24(26)25-12-11-21(16-27(25)34)20-7-6-8-23(15-20)36-28-17-22(35-3)13-14-30-28/h4-17H,1-3H3. The molecule has 3 aromatic heterocycles. The zero-order valence-electron chi connectivity index (χ0n) is 20.1. The van der Waals surface area contributed by atoms with Crippen LogP contribution in [0.1, 0.15) is 11.4 Å². The molecule has 0 unspecified atom stereocenters. The number of hydrogen-bond donors (Lipinski definition) is 0. The van der Waals surface area contributed by atoms with Crippen LogP contribution >= 0.6 is 0 Å². The highest BCUT2D eigenvalue weighted by Gasteiger charge is 2.16. The van der Waals surface area contributed by atoms with Crippen LogP contribution in [0, 0.1) is 13.8 Å². The summed E-state index contributed by atoms with van der Waals surface area (Å²) in [5, 5.41) is 11.0. The van der Waals surface area contributed by atoms with E-state index in [4.69, 9.17) is 14.5 Å². The van der Waals surface area contributed by atoms with Gasteiger partial charge in [0, 0.05) is 23.0 Å². The molecule has 36 heavy (non-hydrogen) atoms. The van der Waals surface area contributed by atoms with Crippen LogP contribution in [-0.4, -0.2) is 31.8 Å². The molecule has 0 radical (unpaired) electrons. The van der Waals surface area contributed by atoms with Crippen LogP contribution in [0.25, 0.3) is 38.9 Å². The molecule has 0 aliphatic rings. The van der Waals surface area contributed by atoms with E-state index in [1.807, 2.05) is 44.2 Å². The minimum absolute atomic E-state index is 0.474. The van der Waals surface area contributed by atoms with Crippen LogP contribution in [-0.2, 0) is 0 Å². The first kappa shape index (κ1) is 21.7. The lowest BCUT2D eigenvalue weighted by Crippen LogP contribution is -2.06. The van der Waals surface area contributed by atoms with Crippen molar-refractivity contribution in [1.82, 2.24) is 24.7 Å². The van der Waals surface area contributed by atoms with Gasteiger partial charge >= 0.3 is 0 Å². The van der Waals surface area contributed by atoms with E-state index < -0.39 is 0 Å². The summed E-state index contributed by atoms with van der Waals surface area (Å²) >= 11 is 0. The molecule has 0 atom stereocenters. The molecule has 6 rings (SSSR count). The summed E-state index contributed by atoms with van der Waals surface area (Å²) in [6.07, 6.45) is 1.66. The summed E-state index contributed by atoms with van der Waals surface area (Å²) in [6, 6.07) is 26.2. The lowest BCUT2D eigenvalue weighted by molar-refractivity contribution is 0.405. The number of nitrogens with zero attached hydrogens (tertiary/aromatic N) is 5. The van der Waals surface area contributed by atoms with E-state index in [2.05, 4.69) is 56.1 Å². The van der Waals surface area contributed by atoms with E-state index in [1.54, 1.807) is 25.4 Å². The second-order valence-corrected chi connectivity index (χ2v) is 8.53. The number of fused-ring (bicyclic) bond motifs is 3. The molecular formula is C29H23N5O2. The zero-order chi connectivity index (χ0) is 24.6. The molecule has 0 spiro atoms. The van der Waals surface area contributed by atoms with Crippen molar-refractivity contribution in [3.63, 3.8) is 0 Å². The molecule has 0 fully saturated rings. The molecule has 0 saturated heterocycles. The van der Waals surface area contributed by atoms with Gasteiger partial charge in [0.1, 0.15) is 11.5 Å². The van der Waals surface area contributed by atoms with Gasteiger partial charge < -0.3 is 9.47 Å². The van der Waals surface area contributed by atoms with Gasteiger partial charge in [-0.2, -0.15) is 5.10 Å². The highest BCUT2D eigenvalue weighted by molar-refractivity contribution is 6.09. The Morgan fingerprint density at radius 1 is 0.694 bits per heavy atom. The van der Waals surface area contributed by atoms with Gasteiger partial charge in [-0.3, -0.25) is 4.57 Å². The molecule has 0 N–H and O–H groups in total. The monoisotopic (exact) mass is 473 g/mol. The Hall–Kier alpha value is -4.78. The lowest BCUT2D eigenvalue weighted by atomic mass is 10.0. The summed E-state index contributed by atoms with van der Waals surface area (Å²) in [4.78, 5) is 9.03. The van der Waals surface area contributed by atoms with Gasteiger partial charge in [0.25, 0.3) is 5.95 Å². The number of aromatic nitrogens is 5. The molecule has 6 aromatic rings. The van der Waals surface area contributed by atoms with Crippen molar-refractivity contribution in [1.29, 1.82) is 0 Å². The van der Waals surface area contributed by atoms with E-state index in [-0.39, 0.29) is 0 Å². The first-order valence-corrected chi connectivity index (χ1v) is 11.6. The van der Waals surface area contributed by atoms with Crippen LogP contribution in [0.15, 0.2) is 85.1 Å². The number of benzene rings is 3. The number of pyridine rings is 1. The Bertz CT molecular complexity index is 1740. The first-order valence-electron chi connectivity index (χ1n) is 11.6. The van der Waals surface area contributed by atoms with Crippen molar-refractivity contribution in [2.45, 2.75) is 13.8 Å². The average Bonchev–Trinajstić information content (AvgIpc) is 3.24. The van der Waals surface area contributed by atoms with Gasteiger partial charge in [-0.25, -0.2) is 9.97 Å². The first-order chi connectivity index (χ1) is 17.6. The highest BCUT2D eigenvalue weighted by atomic mass is 16.5. The maximum absolute atomic E-state index is 6.01. The Morgan fingerprint density at radius 3 is 2.39 bits per heavy atom. The number of rotatable bonds is 5. The predicted octanol–water partition coefficient (Wildman–Crippen LogP) is 6.45. The van der Waals surface area contributed by atoms with Gasteiger partial charge in [-0.15, -0.1) is 5.10 Å². The largest absolute Gasteiger partial charge is 0.497 e. The average molecular weight is 474 g/mol. The van der Waals surface area contributed by atoms with Crippen molar-refractivity contribution in [3.05, 3.63) is 96.4 Å². The van der Waals surface area contributed by atoms with E-state index >= 15 is 0 Å². The molecule has 0 saturated carbocycles. The van der Waals surface area contributed by atoms with E-state index in [9.17, 15) is 0 Å².